The molecule has 2 aromatic carbocycles. The van der Waals surface area contributed by atoms with Crippen molar-refractivity contribution in [1.29, 1.82) is 0 Å². The van der Waals surface area contributed by atoms with Gasteiger partial charge in [-0.05, 0) is 55.0 Å². The molecule has 0 unspecified atom stereocenters. The fourth-order valence-electron chi connectivity index (χ4n) is 2.75. The van der Waals surface area contributed by atoms with Gasteiger partial charge in [0.1, 0.15) is 5.25 Å². The van der Waals surface area contributed by atoms with E-state index in [9.17, 15) is 14.4 Å². The van der Waals surface area contributed by atoms with Gasteiger partial charge in [-0.25, -0.2) is 0 Å². The van der Waals surface area contributed by atoms with Gasteiger partial charge in [-0.1, -0.05) is 11.6 Å². The minimum absolute atomic E-state index is 0.00549. The zero-order valence-electron chi connectivity index (χ0n) is 14.9. The molecule has 1 amide bonds. The Hall–Kier alpha value is -2.31. The molecule has 7 heteroatoms. The van der Waals surface area contributed by atoms with Crippen molar-refractivity contribution in [2.75, 3.05) is 18.6 Å². The molecule has 0 fully saturated rings. The maximum atomic E-state index is 12.3. The molecule has 0 N–H and O–H groups in total. The van der Waals surface area contributed by atoms with Gasteiger partial charge in [0.25, 0.3) is 0 Å². The second-order valence-electron chi connectivity index (χ2n) is 6.22. The molecule has 0 saturated carbocycles. The summed E-state index contributed by atoms with van der Waals surface area (Å²) >= 11 is 7.18. The fraction of sp³-hybridized carbons (Fsp3) is 0.250. The van der Waals surface area contributed by atoms with Gasteiger partial charge in [0.2, 0.25) is 5.91 Å². The monoisotopic (exact) mass is 403 g/mol. The Labute approximate surface area is 166 Å². The maximum Gasteiger partial charge on any atom is 0.319 e. The van der Waals surface area contributed by atoms with Crippen LogP contribution in [0.25, 0.3) is 0 Å². The molecule has 0 spiro atoms. The number of rotatable bonds is 6. The average Bonchev–Trinajstić information content (AvgIpc) is 2.94. The van der Waals surface area contributed by atoms with E-state index in [1.165, 1.54) is 11.8 Å². The number of carbonyl (C=O) groups is 3. The summed E-state index contributed by atoms with van der Waals surface area (Å²) in [4.78, 5) is 38.7. The first-order chi connectivity index (χ1) is 12.8. The third-order valence-electron chi connectivity index (χ3n) is 4.28. The Morgan fingerprint density at radius 2 is 1.93 bits per heavy atom. The number of anilines is 1. The van der Waals surface area contributed by atoms with E-state index < -0.39 is 11.2 Å². The SMILES string of the molecule is C[C@H](Sc1ccc(Cl)cc1)C(=O)OCC(=O)c1ccc2c(c1)CC(=O)N2C. The van der Waals surface area contributed by atoms with Crippen LogP contribution in [0.3, 0.4) is 0 Å². The van der Waals surface area contributed by atoms with Gasteiger partial charge in [0.15, 0.2) is 12.4 Å². The number of halogens is 1. The molecule has 0 aliphatic carbocycles. The van der Waals surface area contributed by atoms with Gasteiger partial charge in [-0.15, -0.1) is 11.8 Å². The van der Waals surface area contributed by atoms with E-state index in [-0.39, 0.29) is 24.7 Å². The van der Waals surface area contributed by atoms with Crippen molar-refractivity contribution in [3.05, 3.63) is 58.6 Å². The van der Waals surface area contributed by atoms with Crippen molar-refractivity contribution in [2.24, 2.45) is 0 Å². The number of ether oxygens (including phenoxy) is 1. The van der Waals surface area contributed by atoms with E-state index >= 15 is 0 Å². The van der Waals surface area contributed by atoms with E-state index in [4.69, 9.17) is 16.3 Å². The summed E-state index contributed by atoms with van der Waals surface area (Å²) in [5.74, 6) is -0.759. The minimum Gasteiger partial charge on any atom is -0.456 e. The van der Waals surface area contributed by atoms with Gasteiger partial charge in [-0.2, -0.15) is 0 Å². The topological polar surface area (TPSA) is 63.7 Å². The molecule has 0 aromatic heterocycles. The molecular weight excluding hydrogens is 386 g/mol. The van der Waals surface area contributed by atoms with Crippen LogP contribution in [0, 0.1) is 0 Å². The molecule has 27 heavy (non-hydrogen) atoms. The summed E-state index contributed by atoms with van der Waals surface area (Å²) in [6.45, 7) is 1.40. The van der Waals surface area contributed by atoms with Crippen LogP contribution < -0.4 is 4.90 Å². The number of thioether (sulfide) groups is 1. The predicted octanol–water partition coefficient (Wildman–Crippen LogP) is 3.77. The van der Waals surface area contributed by atoms with Gasteiger partial charge in [0.05, 0.1) is 6.42 Å². The van der Waals surface area contributed by atoms with Crippen LogP contribution in [0.1, 0.15) is 22.8 Å². The van der Waals surface area contributed by atoms with E-state index in [2.05, 4.69) is 0 Å². The van der Waals surface area contributed by atoms with E-state index in [0.29, 0.717) is 10.6 Å². The smallest absolute Gasteiger partial charge is 0.319 e. The normalized spacial score (nSPS) is 14.0. The van der Waals surface area contributed by atoms with Crippen molar-refractivity contribution in [3.8, 4) is 0 Å². The number of nitrogens with zero attached hydrogens (tertiary/aromatic N) is 1. The number of amides is 1. The molecule has 1 aliphatic rings. The minimum atomic E-state index is -0.459. The maximum absolute atomic E-state index is 12.3. The number of fused-ring (bicyclic) bond motifs is 1. The zero-order valence-corrected chi connectivity index (χ0v) is 16.5. The lowest BCUT2D eigenvalue weighted by Crippen LogP contribution is -2.21. The van der Waals surface area contributed by atoms with E-state index in [1.807, 2.05) is 12.1 Å². The molecule has 0 radical (unpaired) electrons. The molecule has 1 heterocycles. The highest BCUT2D eigenvalue weighted by Crippen LogP contribution is 2.29. The van der Waals surface area contributed by atoms with Gasteiger partial charge in [-0.3, -0.25) is 14.4 Å². The van der Waals surface area contributed by atoms with Gasteiger partial charge < -0.3 is 9.64 Å². The quantitative estimate of drug-likeness (QED) is 0.417. The molecule has 0 saturated heterocycles. The number of Topliss-reactive ketones (excluding diaryl/α,β-unsaturated/α-hetero) is 1. The van der Waals surface area contributed by atoms with Crippen molar-refractivity contribution in [1.82, 2.24) is 0 Å². The standard InChI is InChI=1S/C20H18ClNO4S/c1-12(27-16-6-4-15(21)5-7-16)20(25)26-11-18(23)13-3-8-17-14(9-13)10-19(24)22(17)2/h3-9,12H,10-11H2,1-2H3/t12-/m0/s1. The predicted molar refractivity (Wildman–Crippen MR) is 106 cm³/mol. The Kier molecular flexibility index (Phi) is 5.87. The van der Waals surface area contributed by atoms with Gasteiger partial charge in [0, 0.05) is 28.2 Å². The number of esters is 1. The summed E-state index contributed by atoms with van der Waals surface area (Å²) in [5.41, 5.74) is 2.05. The van der Waals surface area contributed by atoms with Crippen molar-refractivity contribution in [3.63, 3.8) is 0 Å². The molecule has 5 nitrogen and oxygen atoms in total. The zero-order chi connectivity index (χ0) is 19.6. The number of benzene rings is 2. The van der Waals surface area contributed by atoms with E-state index in [1.54, 1.807) is 49.2 Å². The van der Waals surface area contributed by atoms with Crippen LogP contribution in [0.4, 0.5) is 5.69 Å². The summed E-state index contributed by atoms with van der Waals surface area (Å²) in [5, 5.41) is 0.174. The third-order valence-corrected chi connectivity index (χ3v) is 5.62. The van der Waals surface area contributed by atoms with Crippen molar-refractivity contribution < 1.29 is 19.1 Å². The average molecular weight is 404 g/mol. The second-order valence-corrected chi connectivity index (χ2v) is 8.07. The Bertz CT molecular complexity index is 897. The first kappa shape index (κ1) is 19.5. The number of hydrogen-bond acceptors (Lipinski definition) is 5. The van der Waals surface area contributed by atoms with Crippen LogP contribution in [0.2, 0.25) is 5.02 Å². The molecule has 1 atom stereocenters. The highest BCUT2D eigenvalue weighted by molar-refractivity contribution is 8.00. The third kappa shape index (κ3) is 4.51. The van der Waals surface area contributed by atoms with Crippen molar-refractivity contribution in [2.45, 2.75) is 23.5 Å². The first-order valence-corrected chi connectivity index (χ1v) is 9.62. The summed E-state index contributed by atoms with van der Waals surface area (Å²) in [6, 6.07) is 12.2. The number of hydrogen-bond donors (Lipinski definition) is 0. The van der Waals surface area contributed by atoms with Crippen molar-refractivity contribution >= 4 is 46.7 Å². The molecule has 2 aromatic rings. The Balaban J connectivity index is 1.56. The first-order valence-electron chi connectivity index (χ1n) is 8.36. The van der Waals surface area contributed by atoms with Crippen LogP contribution in [-0.4, -0.2) is 36.6 Å². The Morgan fingerprint density at radius 3 is 2.63 bits per heavy atom. The highest BCUT2D eigenvalue weighted by atomic mass is 35.5. The number of ketones is 1. The highest BCUT2D eigenvalue weighted by Gasteiger charge is 2.25. The van der Waals surface area contributed by atoms with E-state index in [0.717, 1.165) is 16.1 Å². The van der Waals surface area contributed by atoms with Crippen LogP contribution in [-0.2, 0) is 20.7 Å². The lowest BCUT2D eigenvalue weighted by molar-refractivity contribution is -0.141. The summed E-state index contributed by atoms with van der Waals surface area (Å²) < 4.78 is 5.16. The molecule has 1 aliphatic heterocycles. The molecule has 3 rings (SSSR count). The van der Waals surface area contributed by atoms with Crippen LogP contribution >= 0.6 is 23.4 Å². The molecular formula is C20H18ClNO4S. The largest absolute Gasteiger partial charge is 0.456 e. The van der Waals surface area contributed by atoms with Crippen LogP contribution in [0.5, 0.6) is 0 Å². The fourth-order valence-corrected chi connectivity index (χ4v) is 3.74. The number of likely N-dealkylation sites (N-methyl/N-ethyl adjacent to an activating group) is 1. The molecule has 0 bridgehead atoms. The lowest BCUT2D eigenvalue weighted by Gasteiger charge is -2.12. The summed E-state index contributed by atoms with van der Waals surface area (Å²) in [6.07, 6.45) is 0.279. The molecule has 140 valence electrons. The number of carbonyl (C=O) groups excluding carboxylic acids is 3. The Morgan fingerprint density at radius 1 is 1.22 bits per heavy atom. The lowest BCUT2D eigenvalue weighted by atomic mass is 10.1. The second kappa shape index (κ2) is 8.15. The van der Waals surface area contributed by atoms with Crippen LogP contribution in [0.15, 0.2) is 47.4 Å². The summed E-state index contributed by atoms with van der Waals surface area (Å²) in [7, 11) is 1.71. The van der Waals surface area contributed by atoms with Gasteiger partial charge >= 0.3 is 5.97 Å².